The number of unbranched alkanes of at least 4 members (excludes halogenated alkanes) is 1. The molecule has 0 aromatic heterocycles. The molecule has 0 spiro atoms. The predicted octanol–water partition coefficient (Wildman–Crippen LogP) is 1.48. The summed E-state index contributed by atoms with van der Waals surface area (Å²) in [6, 6.07) is 0.455. The zero-order valence-electron chi connectivity index (χ0n) is 21.9. The molecule has 2 heterocycles. The van der Waals surface area contributed by atoms with Crippen molar-refractivity contribution >= 4 is 12.3 Å². The highest BCUT2D eigenvalue weighted by atomic mass is 15.7. The van der Waals surface area contributed by atoms with Gasteiger partial charge in [-0.3, -0.25) is 10.0 Å². The van der Waals surface area contributed by atoms with Gasteiger partial charge in [0, 0.05) is 43.3 Å². The van der Waals surface area contributed by atoms with Gasteiger partial charge in [-0.25, -0.2) is 10.0 Å². The lowest BCUT2D eigenvalue weighted by atomic mass is 9.79. The predicted molar refractivity (Wildman–Crippen MR) is 141 cm³/mol. The van der Waals surface area contributed by atoms with Crippen LogP contribution in [0, 0.1) is 0 Å². The Bertz CT molecular complexity index is 587. The molecular formula is C24H51N9. The van der Waals surface area contributed by atoms with Crippen molar-refractivity contribution in [3.63, 3.8) is 0 Å². The molecule has 0 radical (unpaired) electrons. The molecule has 0 atom stereocenters. The summed E-state index contributed by atoms with van der Waals surface area (Å²) in [4.78, 5) is 9.12. The number of nitrogens with two attached hydrogens (primary N) is 1. The van der Waals surface area contributed by atoms with Gasteiger partial charge >= 0.3 is 0 Å². The molecule has 0 aromatic rings. The summed E-state index contributed by atoms with van der Waals surface area (Å²) in [5.74, 6) is 0.929. The van der Waals surface area contributed by atoms with Gasteiger partial charge in [0.1, 0.15) is 13.0 Å². The van der Waals surface area contributed by atoms with E-state index in [-0.39, 0.29) is 11.1 Å². The molecule has 1 fully saturated rings. The summed E-state index contributed by atoms with van der Waals surface area (Å²) >= 11 is 0. The minimum Gasteiger partial charge on any atom is -0.355 e. The van der Waals surface area contributed by atoms with E-state index in [1.807, 2.05) is 0 Å². The fourth-order valence-electron chi connectivity index (χ4n) is 5.05. The Kier molecular flexibility index (Phi) is 12.0. The standard InChI is InChI=1S/C24H51N9/c1-6-7-16-32(21-17-23(2,3)31-24(4,5)18-21)33-20-28-19-30-22(33)29-13-9-12-27-15-14-26-11-8-10-25/h19,21,26-27,31H,6-18,20,25H2,1-5H3,(H,28,29,30). The molecule has 0 aliphatic carbocycles. The van der Waals surface area contributed by atoms with Crippen LogP contribution >= 0.6 is 0 Å². The normalized spacial score (nSPS) is 20.3. The maximum Gasteiger partial charge on any atom is 0.216 e. The Morgan fingerprint density at radius 1 is 1.03 bits per heavy atom. The zero-order chi connectivity index (χ0) is 24.2. The second-order valence-corrected chi connectivity index (χ2v) is 10.7. The van der Waals surface area contributed by atoms with E-state index < -0.39 is 0 Å². The van der Waals surface area contributed by atoms with Gasteiger partial charge in [-0.05, 0) is 79.4 Å². The molecule has 6 N–H and O–H groups in total. The number of hydrazine groups is 1. The number of piperidine rings is 1. The lowest BCUT2D eigenvalue weighted by Crippen LogP contribution is -2.66. The Morgan fingerprint density at radius 3 is 2.33 bits per heavy atom. The maximum absolute atomic E-state index is 5.51. The van der Waals surface area contributed by atoms with E-state index >= 15 is 0 Å². The van der Waals surface area contributed by atoms with E-state index in [4.69, 9.17) is 5.73 Å². The molecule has 192 valence electrons. The van der Waals surface area contributed by atoms with Crippen LogP contribution in [0.4, 0.5) is 0 Å². The monoisotopic (exact) mass is 465 g/mol. The summed E-state index contributed by atoms with van der Waals surface area (Å²) in [5.41, 5.74) is 5.72. The third-order valence-electron chi connectivity index (χ3n) is 6.21. The minimum atomic E-state index is 0.103. The Labute approximate surface area is 202 Å². The van der Waals surface area contributed by atoms with Gasteiger partial charge in [0.15, 0.2) is 0 Å². The maximum atomic E-state index is 5.51. The molecule has 33 heavy (non-hydrogen) atoms. The van der Waals surface area contributed by atoms with Crippen molar-refractivity contribution in [2.24, 2.45) is 15.7 Å². The SMILES string of the molecule is CCCCN(C1CC(C)(C)NC(C)(C)C1)N1CN=CN=C1NCCCNCCNCCCN. The summed E-state index contributed by atoms with van der Waals surface area (Å²) in [6.45, 7) is 18.8. The number of nitrogens with zero attached hydrogens (tertiary/aromatic N) is 4. The Morgan fingerprint density at radius 2 is 1.70 bits per heavy atom. The van der Waals surface area contributed by atoms with Gasteiger partial charge in [0.2, 0.25) is 5.96 Å². The first-order chi connectivity index (χ1) is 15.8. The van der Waals surface area contributed by atoms with Crippen LogP contribution in [0.25, 0.3) is 0 Å². The molecule has 2 aliphatic heterocycles. The van der Waals surface area contributed by atoms with Gasteiger partial charge in [0.25, 0.3) is 0 Å². The van der Waals surface area contributed by atoms with Crippen LogP contribution in [-0.2, 0) is 0 Å². The molecule has 2 rings (SSSR count). The molecule has 0 unspecified atom stereocenters. The van der Waals surface area contributed by atoms with Crippen LogP contribution in [0.3, 0.4) is 0 Å². The number of hydrogen-bond acceptors (Lipinski definition) is 9. The third kappa shape index (κ3) is 10.3. The second kappa shape index (κ2) is 14.2. The fraction of sp³-hybridized carbons (Fsp3) is 0.917. The Balaban J connectivity index is 1.87. The van der Waals surface area contributed by atoms with E-state index in [2.05, 4.69) is 75.9 Å². The van der Waals surface area contributed by atoms with E-state index in [9.17, 15) is 0 Å². The second-order valence-electron chi connectivity index (χ2n) is 10.7. The van der Waals surface area contributed by atoms with E-state index in [0.717, 1.165) is 77.5 Å². The first-order valence-electron chi connectivity index (χ1n) is 13.0. The van der Waals surface area contributed by atoms with Gasteiger partial charge in [-0.15, -0.1) is 0 Å². The number of hydrogen-bond donors (Lipinski definition) is 5. The van der Waals surface area contributed by atoms with Crippen molar-refractivity contribution in [2.45, 2.75) is 90.3 Å². The number of aliphatic imine (C=N–C) groups is 2. The summed E-state index contributed by atoms with van der Waals surface area (Å²) in [7, 11) is 0. The van der Waals surface area contributed by atoms with Crippen LogP contribution < -0.4 is 27.0 Å². The average Bonchev–Trinajstić information content (AvgIpc) is 2.74. The lowest BCUT2D eigenvalue weighted by Gasteiger charge is -2.52. The highest BCUT2D eigenvalue weighted by Gasteiger charge is 2.41. The van der Waals surface area contributed by atoms with Gasteiger partial charge in [-0.2, -0.15) is 0 Å². The third-order valence-corrected chi connectivity index (χ3v) is 6.21. The van der Waals surface area contributed by atoms with E-state index in [0.29, 0.717) is 12.7 Å². The van der Waals surface area contributed by atoms with E-state index in [1.165, 1.54) is 12.8 Å². The first kappa shape index (κ1) is 28.0. The smallest absolute Gasteiger partial charge is 0.216 e. The number of rotatable bonds is 15. The molecule has 1 saturated heterocycles. The van der Waals surface area contributed by atoms with Gasteiger partial charge in [0.05, 0.1) is 0 Å². The van der Waals surface area contributed by atoms with Crippen LogP contribution in [0.5, 0.6) is 0 Å². The largest absolute Gasteiger partial charge is 0.355 e. The number of guanidine groups is 1. The van der Waals surface area contributed by atoms with E-state index in [1.54, 1.807) is 6.34 Å². The van der Waals surface area contributed by atoms with Crippen LogP contribution in [0.2, 0.25) is 0 Å². The molecule has 0 amide bonds. The molecule has 0 bridgehead atoms. The first-order valence-corrected chi connectivity index (χ1v) is 13.0. The quantitative estimate of drug-likeness (QED) is 0.233. The molecule has 9 nitrogen and oxygen atoms in total. The van der Waals surface area contributed by atoms with Crippen LogP contribution in [0.1, 0.15) is 73.1 Å². The van der Waals surface area contributed by atoms with Crippen molar-refractivity contribution in [1.82, 2.24) is 31.3 Å². The van der Waals surface area contributed by atoms with Crippen molar-refractivity contribution in [1.29, 1.82) is 0 Å². The average molecular weight is 466 g/mol. The van der Waals surface area contributed by atoms with Crippen molar-refractivity contribution in [3.05, 3.63) is 0 Å². The summed E-state index contributed by atoms with van der Waals surface area (Å²) in [6.07, 6.45) is 8.34. The molecule has 0 saturated carbocycles. The van der Waals surface area contributed by atoms with Crippen LogP contribution in [0.15, 0.2) is 9.98 Å². The fourth-order valence-corrected chi connectivity index (χ4v) is 5.05. The summed E-state index contributed by atoms with van der Waals surface area (Å²) < 4.78 is 0. The molecule has 9 heteroatoms. The van der Waals surface area contributed by atoms with Crippen molar-refractivity contribution in [3.8, 4) is 0 Å². The van der Waals surface area contributed by atoms with Crippen molar-refractivity contribution in [2.75, 3.05) is 52.5 Å². The molecule has 0 aromatic carbocycles. The van der Waals surface area contributed by atoms with Crippen LogP contribution in [-0.4, -0.2) is 91.9 Å². The minimum absolute atomic E-state index is 0.103. The Hall–Kier alpha value is -1.26. The molecule has 2 aliphatic rings. The highest BCUT2D eigenvalue weighted by molar-refractivity contribution is 5.88. The topological polar surface area (TPSA) is 105 Å². The number of nitrogens with one attached hydrogen (secondary N) is 4. The summed E-state index contributed by atoms with van der Waals surface area (Å²) in [5, 5.41) is 19.1. The van der Waals surface area contributed by atoms with Gasteiger partial charge < -0.3 is 27.0 Å². The molecular weight excluding hydrogens is 414 g/mol. The lowest BCUT2D eigenvalue weighted by molar-refractivity contribution is -0.0464. The highest BCUT2D eigenvalue weighted by Crippen LogP contribution is 2.32. The zero-order valence-corrected chi connectivity index (χ0v) is 21.9. The van der Waals surface area contributed by atoms with Crippen molar-refractivity contribution < 1.29 is 0 Å². The van der Waals surface area contributed by atoms with Gasteiger partial charge in [-0.1, -0.05) is 13.3 Å².